The van der Waals surface area contributed by atoms with Gasteiger partial charge in [-0.25, -0.2) is 22.6 Å². The van der Waals surface area contributed by atoms with Crippen LogP contribution in [0.25, 0.3) is 0 Å². The van der Waals surface area contributed by atoms with Crippen LogP contribution in [0.1, 0.15) is 30.5 Å². The molecule has 2 fully saturated rings. The molecule has 2 saturated heterocycles. The van der Waals surface area contributed by atoms with Crippen molar-refractivity contribution in [3.63, 3.8) is 0 Å². The van der Waals surface area contributed by atoms with Gasteiger partial charge in [0.25, 0.3) is 0 Å². The summed E-state index contributed by atoms with van der Waals surface area (Å²) in [6.07, 6.45) is 2.56. The number of piperidine rings is 1. The van der Waals surface area contributed by atoms with Crippen LogP contribution in [-0.4, -0.2) is 60.0 Å². The van der Waals surface area contributed by atoms with Gasteiger partial charge in [0, 0.05) is 19.7 Å². The van der Waals surface area contributed by atoms with E-state index in [2.05, 4.69) is 37.2 Å². The van der Waals surface area contributed by atoms with Gasteiger partial charge in [-0.1, -0.05) is 5.92 Å². The molecule has 1 aromatic carbocycles. The number of nitrogens with one attached hydrogen (secondary N) is 2. The molecule has 1 atom stereocenters. The molecule has 3 aliphatic rings. The molecule has 2 N–H and O–H groups in total. The number of benzene rings is 1. The summed E-state index contributed by atoms with van der Waals surface area (Å²) < 4.78 is 60.6. The molecular weight excluding hydrogens is 426 g/mol. The normalized spacial score (nSPS) is 22.1. The molecule has 1 spiro atoms. The van der Waals surface area contributed by atoms with E-state index in [0.29, 0.717) is 11.9 Å². The van der Waals surface area contributed by atoms with Crippen molar-refractivity contribution >= 4 is 17.2 Å². The number of fused-ring (bicyclic) bond motifs is 1. The summed E-state index contributed by atoms with van der Waals surface area (Å²) in [6, 6.07) is 1.49. The number of rotatable bonds is 2. The molecule has 3 aliphatic heterocycles. The molecule has 5 rings (SSSR count). The van der Waals surface area contributed by atoms with Gasteiger partial charge in [0.1, 0.15) is 30.0 Å². The summed E-state index contributed by atoms with van der Waals surface area (Å²) in [6.45, 7) is 2.37. The van der Waals surface area contributed by atoms with Gasteiger partial charge in [0.2, 0.25) is 0 Å². The fraction of sp³-hybridized carbons (Fsp3) is 0.455. The zero-order valence-electron chi connectivity index (χ0n) is 17.2. The largest absolute Gasteiger partial charge is 0.381 e. The van der Waals surface area contributed by atoms with Crippen LogP contribution in [0, 0.1) is 34.7 Å². The van der Waals surface area contributed by atoms with E-state index in [-0.39, 0.29) is 22.5 Å². The third-order valence-electron chi connectivity index (χ3n) is 6.49. The topological polar surface area (TPSA) is 65.5 Å². The van der Waals surface area contributed by atoms with E-state index in [9.17, 15) is 17.6 Å². The summed E-state index contributed by atoms with van der Waals surface area (Å²) in [5.41, 5.74) is 0.225. The van der Waals surface area contributed by atoms with Crippen molar-refractivity contribution in [2.24, 2.45) is 10.4 Å². The highest BCUT2D eigenvalue weighted by Gasteiger charge is 2.41. The van der Waals surface area contributed by atoms with Gasteiger partial charge in [-0.2, -0.15) is 5.10 Å². The van der Waals surface area contributed by atoms with Gasteiger partial charge in [-0.05, 0) is 42.7 Å². The van der Waals surface area contributed by atoms with Gasteiger partial charge in [-0.15, -0.1) is 0 Å². The molecule has 0 radical (unpaired) electrons. The van der Waals surface area contributed by atoms with Crippen LogP contribution < -0.4 is 5.32 Å². The van der Waals surface area contributed by atoms with Crippen LogP contribution in [0.2, 0.25) is 0 Å². The minimum absolute atomic E-state index is 0.153. The maximum atomic E-state index is 13.9. The Bertz CT molecular complexity index is 1120. The first kappa shape index (κ1) is 21.0. The Kier molecular flexibility index (Phi) is 5.39. The van der Waals surface area contributed by atoms with Crippen molar-refractivity contribution < 1.29 is 22.3 Å². The number of likely N-dealkylation sites (tertiary alicyclic amines) is 1. The van der Waals surface area contributed by atoms with E-state index >= 15 is 0 Å². The van der Waals surface area contributed by atoms with Crippen LogP contribution in [0.15, 0.2) is 17.1 Å². The molecule has 32 heavy (non-hydrogen) atoms. The Morgan fingerprint density at radius 1 is 1.12 bits per heavy atom. The van der Waals surface area contributed by atoms with Crippen LogP contribution in [0.5, 0.6) is 0 Å². The molecule has 0 amide bonds. The summed E-state index contributed by atoms with van der Waals surface area (Å²) in [7, 11) is 0. The predicted octanol–water partition coefficient (Wildman–Crippen LogP) is 3.52. The fourth-order valence-electron chi connectivity index (χ4n) is 4.52. The maximum Gasteiger partial charge on any atom is 0.177 e. The molecule has 0 saturated carbocycles. The van der Waals surface area contributed by atoms with E-state index < -0.39 is 35.9 Å². The Morgan fingerprint density at radius 2 is 1.91 bits per heavy atom. The minimum atomic E-state index is -1.37. The van der Waals surface area contributed by atoms with Gasteiger partial charge in [0.05, 0.1) is 17.9 Å². The predicted molar refractivity (Wildman–Crippen MR) is 110 cm³/mol. The second-order valence-electron chi connectivity index (χ2n) is 8.39. The van der Waals surface area contributed by atoms with Gasteiger partial charge < -0.3 is 10.1 Å². The average molecular weight is 447 g/mol. The number of nitrogens with zero attached hydrogens (tertiary/aromatic N) is 3. The third kappa shape index (κ3) is 3.65. The number of H-pyrrole nitrogens is 1. The number of halogens is 4. The number of aromatic nitrogens is 2. The number of alkyl halides is 1. The summed E-state index contributed by atoms with van der Waals surface area (Å²) in [4.78, 5) is 6.54. The van der Waals surface area contributed by atoms with E-state index in [4.69, 9.17) is 4.74 Å². The Hall–Kier alpha value is -2.90. The van der Waals surface area contributed by atoms with Crippen LogP contribution >= 0.6 is 0 Å². The lowest BCUT2D eigenvalue weighted by Gasteiger charge is -2.42. The van der Waals surface area contributed by atoms with E-state index in [1.807, 2.05) is 0 Å². The van der Waals surface area contributed by atoms with Gasteiger partial charge >= 0.3 is 0 Å². The molecule has 6 nitrogen and oxygen atoms in total. The second kappa shape index (κ2) is 8.22. The highest BCUT2D eigenvalue weighted by molar-refractivity contribution is 5.98. The first-order valence-electron chi connectivity index (χ1n) is 10.5. The lowest BCUT2D eigenvalue weighted by molar-refractivity contribution is 0.0755. The smallest absolute Gasteiger partial charge is 0.177 e. The van der Waals surface area contributed by atoms with E-state index in [1.54, 1.807) is 0 Å². The van der Waals surface area contributed by atoms with E-state index in [0.717, 1.165) is 51.6 Å². The highest BCUT2D eigenvalue weighted by Crippen LogP contribution is 2.40. The number of aromatic amines is 1. The number of ether oxygens (including phenoxy) is 1. The number of anilines is 1. The van der Waals surface area contributed by atoms with Gasteiger partial charge in [-0.3, -0.25) is 10.00 Å². The molecule has 4 heterocycles. The summed E-state index contributed by atoms with van der Waals surface area (Å²) >= 11 is 0. The molecule has 0 aliphatic carbocycles. The van der Waals surface area contributed by atoms with Crippen LogP contribution in [0.3, 0.4) is 0 Å². The van der Waals surface area contributed by atoms with E-state index in [1.165, 1.54) is 0 Å². The molecule has 1 unspecified atom stereocenters. The minimum Gasteiger partial charge on any atom is -0.381 e. The molecule has 1 aromatic heterocycles. The quantitative estimate of drug-likeness (QED) is 0.420. The van der Waals surface area contributed by atoms with Crippen LogP contribution in [-0.2, 0) is 4.74 Å². The van der Waals surface area contributed by atoms with Crippen molar-refractivity contribution in [1.82, 2.24) is 15.1 Å². The zero-order chi connectivity index (χ0) is 22.3. The van der Waals surface area contributed by atoms with Crippen molar-refractivity contribution in [3.8, 4) is 11.8 Å². The Labute approximate surface area is 182 Å². The van der Waals surface area contributed by atoms with Crippen LogP contribution in [0.4, 0.5) is 29.1 Å². The molecule has 2 aromatic rings. The number of hydrogen-bond donors (Lipinski definition) is 2. The molecule has 10 heteroatoms. The number of hydrogen-bond acceptors (Lipinski definition) is 5. The standard InChI is InChI=1S/C22H21F4N5O/c23-11-17-21(31-8-5-22(6-9-31)7-10-32-12-22)28-20-19(27-17)16(29-30-20)4-1-13-14(24)2-3-15(25)18(13)26/h2-3,21H,5-12H2,(H2,28,29,30). The summed E-state index contributed by atoms with van der Waals surface area (Å²) in [5.74, 6) is 1.65. The average Bonchev–Trinajstić information content (AvgIpc) is 3.43. The molecular formula is C22H21F4N5O. The lowest BCUT2D eigenvalue weighted by atomic mass is 9.78. The van der Waals surface area contributed by atoms with Crippen molar-refractivity contribution in [2.45, 2.75) is 25.4 Å². The molecule has 168 valence electrons. The summed E-state index contributed by atoms with van der Waals surface area (Å²) in [5, 5.41) is 10.0. The van der Waals surface area contributed by atoms with Crippen molar-refractivity contribution in [2.75, 3.05) is 38.3 Å². The third-order valence-corrected chi connectivity index (χ3v) is 6.49. The lowest BCUT2D eigenvalue weighted by Crippen LogP contribution is -2.53. The first-order valence-corrected chi connectivity index (χ1v) is 10.5. The van der Waals surface area contributed by atoms with Gasteiger partial charge in [0.15, 0.2) is 17.5 Å². The Balaban J connectivity index is 1.38. The number of aliphatic imine (C=N–C) groups is 1. The monoisotopic (exact) mass is 447 g/mol. The second-order valence-corrected chi connectivity index (χ2v) is 8.39. The first-order chi connectivity index (χ1) is 15.5. The highest BCUT2D eigenvalue weighted by atomic mass is 19.2. The fourth-order valence-corrected chi connectivity index (χ4v) is 4.52. The van der Waals surface area contributed by atoms with Crippen molar-refractivity contribution in [1.29, 1.82) is 0 Å². The SMILES string of the molecule is FCC1=Nc2c(n[nH]c2C#Cc2c(F)ccc(F)c2F)NC1N1CCC2(CCOC2)CC1. The Morgan fingerprint density at radius 3 is 2.62 bits per heavy atom. The van der Waals surface area contributed by atoms with Crippen molar-refractivity contribution in [3.05, 3.63) is 40.8 Å². The maximum absolute atomic E-state index is 13.9. The zero-order valence-corrected chi connectivity index (χ0v) is 17.2. The molecule has 0 bridgehead atoms.